The van der Waals surface area contributed by atoms with Gasteiger partial charge in [0.15, 0.2) is 0 Å². The van der Waals surface area contributed by atoms with E-state index >= 15 is 4.39 Å². The number of nitrogens with zero attached hydrogens (tertiary/aromatic N) is 1. The van der Waals surface area contributed by atoms with Gasteiger partial charge in [0.05, 0.1) is 11.9 Å². The van der Waals surface area contributed by atoms with Gasteiger partial charge in [0.1, 0.15) is 29.2 Å². The summed E-state index contributed by atoms with van der Waals surface area (Å²) < 4.78 is 67.8. The van der Waals surface area contributed by atoms with Crippen molar-refractivity contribution in [2.75, 3.05) is 7.05 Å². The number of hydrogen-bond donors (Lipinski definition) is 0. The first kappa shape index (κ1) is 33.4. The number of carboxylic acid groups (broad SMARTS) is 1. The van der Waals surface area contributed by atoms with Crippen LogP contribution in [0.3, 0.4) is 0 Å². The first-order valence-electron chi connectivity index (χ1n) is 12.7. The Balaban J connectivity index is 2.63. The fraction of sp³-hybridized carbons (Fsp3) is 0.483. The molecule has 12 heteroatoms. The van der Waals surface area contributed by atoms with Gasteiger partial charge in [-0.05, 0) is 64.3 Å². The third kappa shape index (κ3) is 9.94. The molecule has 1 amide bonds. The van der Waals surface area contributed by atoms with E-state index in [1.165, 1.54) is 32.9 Å². The molecule has 226 valence electrons. The number of esters is 1. The van der Waals surface area contributed by atoms with Gasteiger partial charge >= 0.3 is 18.4 Å². The lowest BCUT2D eigenvalue weighted by Crippen LogP contribution is -2.68. The number of likely N-dealkylation sites (N-methyl/N-ethyl adjacent to an activating group) is 1. The molecule has 0 aliphatic rings. The molecular formula is C29H34F4NO7-. The summed E-state index contributed by atoms with van der Waals surface area (Å²) in [5.41, 5.74) is -5.22. The fourth-order valence-corrected chi connectivity index (χ4v) is 4.30. The Kier molecular flexibility index (Phi) is 10.4. The van der Waals surface area contributed by atoms with Crippen molar-refractivity contribution in [3.63, 3.8) is 0 Å². The number of rotatable bonds is 11. The Hall–Kier alpha value is -3.83. The summed E-state index contributed by atoms with van der Waals surface area (Å²) in [5, 5.41) is 13.0. The van der Waals surface area contributed by atoms with Gasteiger partial charge in [-0.3, -0.25) is 9.69 Å². The van der Waals surface area contributed by atoms with Crippen molar-refractivity contribution in [1.29, 1.82) is 0 Å². The van der Waals surface area contributed by atoms with E-state index in [1.807, 2.05) is 0 Å². The van der Waals surface area contributed by atoms with Crippen LogP contribution in [0.4, 0.5) is 22.4 Å². The molecule has 2 aromatic carbocycles. The molecule has 0 bridgehead atoms. The van der Waals surface area contributed by atoms with Crippen molar-refractivity contribution in [2.24, 2.45) is 5.92 Å². The Labute approximate surface area is 236 Å². The predicted molar refractivity (Wildman–Crippen MR) is 138 cm³/mol. The molecule has 0 spiro atoms. The van der Waals surface area contributed by atoms with Gasteiger partial charge in [0.2, 0.25) is 0 Å². The van der Waals surface area contributed by atoms with E-state index in [0.29, 0.717) is 10.5 Å². The molecule has 41 heavy (non-hydrogen) atoms. The molecule has 0 N–H and O–H groups in total. The molecule has 0 aromatic heterocycles. The van der Waals surface area contributed by atoms with Gasteiger partial charge in [-0.1, -0.05) is 42.5 Å². The van der Waals surface area contributed by atoms with E-state index in [2.05, 4.69) is 4.74 Å². The summed E-state index contributed by atoms with van der Waals surface area (Å²) in [6.45, 7) is 6.48. The van der Waals surface area contributed by atoms with E-state index in [0.717, 1.165) is 33.0 Å². The Morgan fingerprint density at radius 1 is 0.878 bits per heavy atom. The van der Waals surface area contributed by atoms with Gasteiger partial charge in [-0.25, -0.2) is 9.18 Å². The molecule has 0 heterocycles. The normalized spacial score (nSPS) is 14.4. The van der Waals surface area contributed by atoms with E-state index in [4.69, 9.17) is 9.47 Å². The van der Waals surface area contributed by atoms with Gasteiger partial charge in [0.25, 0.3) is 0 Å². The average Bonchev–Trinajstić information content (AvgIpc) is 2.83. The average molecular weight is 585 g/mol. The predicted octanol–water partition coefficient (Wildman–Crippen LogP) is 4.98. The van der Waals surface area contributed by atoms with Gasteiger partial charge in [-0.2, -0.15) is 0 Å². The fourth-order valence-electron chi connectivity index (χ4n) is 4.30. The second-order valence-corrected chi connectivity index (χ2v) is 11.2. The van der Waals surface area contributed by atoms with Crippen LogP contribution in [0.1, 0.15) is 52.2 Å². The van der Waals surface area contributed by atoms with Crippen LogP contribution < -0.4 is 9.84 Å². The minimum absolute atomic E-state index is 0.182. The highest BCUT2D eigenvalue weighted by molar-refractivity contribution is 5.90. The van der Waals surface area contributed by atoms with Gasteiger partial charge in [-0.15, -0.1) is 13.2 Å². The molecule has 0 fully saturated rings. The van der Waals surface area contributed by atoms with E-state index in [-0.39, 0.29) is 12.2 Å². The second-order valence-electron chi connectivity index (χ2n) is 11.2. The zero-order valence-electron chi connectivity index (χ0n) is 23.7. The highest BCUT2D eigenvalue weighted by Gasteiger charge is 2.54. The molecule has 8 nitrogen and oxygen atoms in total. The number of alkyl halides is 4. The van der Waals surface area contributed by atoms with E-state index in [1.54, 1.807) is 30.3 Å². The minimum atomic E-state index is -4.95. The number of carboxylic acids is 1. The number of carbonyl (C=O) groups is 3. The maximum Gasteiger partial charge on any atom is 0.573 e. The molecular weight excluding hydrogens is 550 g/mol. The van der Waals surface area contributed by atoms with Crippen LogP contribution in [0.5, 0.6) is 5.75 Å². The Bertz CT molecular complexity index is 1190. The molecule has 0 saturated carbocycles. The van der Waals surface area contributed by atoms with Crippen molar-refractivity contribution in [2.45, 2.75) is 77.2 Å². The number of aliphatic carboxylic acids is 1. The number of benzene rings is 2. The topological polar surface area (TPSA) is 105 Å². The molecule has 2 atom stereocenters. The Morgan fingerprint density at radius 2 is 1.44 bits per heavy atom. The Morgan fingerprint density at radius 3 is 1.90 bits per heavy atom. The molecule has 0 aliphatic heterocycles. The van der Waals surface area contributed by atoms with Crippen LogP contribution in [0, 0.1) is 5.92 Å². The first-order chi connectivity index (χ1) is 18.7. The number of ether oxygens (including phenoxy) is 3. The SMILES string of the molecule is CN(C(=O)OC(C)(C)C)[C@](CC(C)(C)F)(C(=O)[O-])[C@H](Cc1ccc(OC(F)(F)F)cc1)C(=O)OCc1ccccc1. The summed E-state index contributed by atoms with van der Waals surface area (Å²) in [5.74, 6) is -5.38. The smallest absolute Gasteiger partial charge is 0.548 e. The largest absolute Gasteiger partial charge is 0.573 e. The first-order valence-corrected chi connectivity index (χ1v) is 12.7. The number of carbonyl (C=O) groups excluding carboxylic acids is 3. The number of halogens is 4. The lowest BCUT2D eigenvalue weighted by molar-refractivity contribution is -0.322. The molecule has 0 aliphatic carbocycles. The highest BCUT2D eigenvalue weighted by atomic mass is 19.4. The van der Waals surface area contributed by atoms with Gasteiger partial charge < -0.3 is 24.1 Å². The third-order valence-electron chi connectivity index (χ3n) is 5.99. The monoisotopic (exact) mass is 584 g/mol. The molecule has 0 radical (unpaired) electrons. The van der Waals surface area contributed by atoms with Crippen LogP contribution in [0.2, 0.25) is 0 Å². The summed E-state index contributed by atoms with van der Waals surface area (Å²) in [4.78, 5) is 40.4. The standard InChI is InChI=1S/C29H35F4NO7/c1-26(2,3)41-25(38)34(6)28(24(36)37,18-27(4,5)30)22(23(35)39-17-20-10-8-7-9-11-20)16-19-12-14-21(15-13-19)40-29(31,32)33/h7-15,22H,16-18H2,1-6H3,(H,36,37)/p-1/t22-,28+/m1/s1. The van der Waals surface area contributed by atoms with Crippen LogP contribution in [-0.4, -0.2) is 53.2 Å². The maximum absolute atomic E-state index is 15.3. The van der Waals surface area contributed by atoms with Crippen molar-refractivity contribution in [3.8, 4) is 5.75 Å². The van der Waals surface area contributed by atoms with Crippen LogP contribution >= 0.6 is 0 Å². The number of hydrogen-bond acceptors (Lipinski definition) is 7. The second kappa shape index (κ2) is 12.8. The lowest BCUT2D eigenvalue weighted by atomic mass is 9.73. The van der Waals surface area contributed by atoms with Crippen molar-refractivity contribution in [3.05, 3.63) is 65.7 Å². The molecule has 0 saturated heterocycles. The lowest BCUT2D eigenvalue weighted by Gasteiger charge is -2.48. The quantitative estimate of drug-likeness (QED) is 0.271. The zero-order valence-corrected chi connectivity index (χ0v) is 23.7. The van der Waals surface area contributed by atoms with Gasteiger partial charge in [0, 0.05) is 13.5 Å². The summed E-state index contributed by atoms with van der Waals surface area (Å²) in [6.07, 6.45) is -7.49. The molecule has 0 unspecified atom stereocenters. The summed E-state index contributed by atoms with van der Waals surface area (Å²) >= 11 is 0. The van der Waals surface area contributed by atoms with E-state index in [9.17, 15) is 32.7 Å². The highest BCUT2D eigenvalue weighted by Crippen LogP contribution is 2.38. The van der Waals surface area contributed by atoms with E-state index < -0.39 is 65.7 Å². The summed E-state index contributed by atoms with van der Waals surface area (Å²) in [6, 6.07) is 12.8. The molecule has 2 aromatic rings. The van der Waals surface area contributed by atoms with Crippen LogP contribution in [0.15, 0.2) is 54.6 Å². The maximum atomic E-state index is 15.3. The zero-order chi connectivity index (χ0) is 31.2. The van der Waals surface area contributed by atoms with Crippen LogP contribution in [0.25, 0.3) is 0 Å². The van der Waals surface area contributed by atoms with Crippen molar-refractivity contribution >= 4 is 18.0 Å². The third-order valence-corrected chi connectivity index (χ3v) is 5.99. The van der Waals surface area contributed by atoms with Crippen molar-refractivity contribution in [1.82, 2.24) is 4.90 Å². The summed E-state index contributed by atoms with van der Waals surface area (Å²) in [7, 11) is 1.05. The number of amides is 1. The van der Waals surface area contributed by atoms with Crippen molar-refractivity contribution < 1.29 is 51.3 Å². The molecule has 2 rings (SSSR count). The minimum Gasteiger partial charge on any atom is -0.548 e. The van der Waals surface area contributed by atoms with Crippen LogP contribution in [-0.2, 0) is 32.1 Å².